The van der Waals surface area contributed by atoms with Gasteiger partial charge in [-0.25, -0.2) is 0 Å². The molecule has 0 spiro atoms. The SMILES string of the molecule is CCCCCCOc1ccc(C(=O)Sc2ccc(C)cc2)cc1. The fourth-order valence-electron chi connectivity index (χ4n) is 2.18. The van der Waals surface area contributed by atoms with Crippen molar-refractivity contribution in [3.05, 3.63) is 59.7 Å². The van der Waals surface area contributed by atoms with E-state index >= 15 is 0 Å². The van der Waals surface area contributed by atoms with Gasteiger partial charge >= 0.3 is 0 Å². The average molecular weight is 328 g/mol. The molecule has 0 N–H and O–H groups in total. The van der Waals surface area contributed by atoms with Crippen molar-refractivity contribution < 1.29 is 9.53 Å². The molecule has 0 amide bonds. The number of ether oxygens (including phenoxy) is 1. The van der Waals surface area contributed by atoms with Gasteiger partial charge in [0.1, 0.15) is 5.75 Å². The van der Waals surface area contributed by atoms with Gasteiger partial charge in [-0.3, -0.25) is 4.79 Å². The van der Waals surface area contributed by atoms with Gasteiger partial charge in [-0.15, -0.1) is 0 Å². The molecule has 2 nitrogen and oxygen atoms in total. The summed E-state index contributed by atoms with van der Waals surface area (Å²) in [5.74, 6) is 0.832. The van der Waals surface area contributed by atoms with Crippen LogP contribution in [0.5, 0.6) is 5.75 Å². The molecule has 0 radical (unpaired) electrons. The van der Waals surface area contributed by atoms with Gasteiger partial charge in [0.05, 0.1) is 6.61 Å². The molecule has 0 saturated carbocycles. The second-order valence-corrected chi connectivity index (χ2v) is 6.68. The highest BCUT2D eigenvalue weighted by atomic mass is 32.2. The van der Waals surface area contributed by atoms with E-state index < -0.39 is 0 Å². The van der Waals surface area contributed by atoms with E-state index in [1.54, 1.807) is 0 Å². The molecule has 2 aromatic rings. The van der Waals surface area contributed by atoms with E-state index in [-0.39, 0.29) is 5.12 Å². The number of carbonyl (C=O) groups excluding carboxylic acids is 1. The minimum atomic E-state index is 0.0587. The van der Waals surface area contributed by atoms with Crippen LogP contribution in [0.25, 0.3) is 0 Å². The van der Waals surface area contributed by atoms with Crippen molar-refractivity contribution in [3.8, 4) is 5.75 Å². The molecule has 0 aliphatic heterocycles. The lowest BCUT2D eigenvalue weighted by Gasteiger charge is -2.07. The molecule has 0 aliphatic rings. The maximum Gasteiger partial charge on any atom is 0.224 e. The highest BCUT2D eigenvalue weighted by molar-refractivity contribution is 8.14. The van der Waals surface area contributed by atoms with Crippen LogP contribution in [0.1, 0.15) is 48.5 Å². The molecule has 0 saturated heterocycles. The number of thioether (sulfide) groups is 1. The maximum absolute atomic E-state index is 12.3. The summed E-state index contributed by atoms with van der Waals surface area (Å²) in [6.45, 7) is 4.98. The Kier molecular flexibility index (Phi) is 7.21. The van der Waals surface area contributed by atoms with Crippen LogP contribution in [0.4, 0.5) is 0 Å². The van der Waals surface area contributed by atoms with Gasteiger partial charge in [0.25, 0.3) is 0 Å². The van der Waals surface area contributed by atoms with Crippen molar-refractivity contribution in [1.29, 1.82) is 0 Å². The summed E-state index contributed by atoms with van der Waals surface area (Å²) in [5, 5.41) is 0.0587. The van der Waals surface area contributed by atoms with E-state index in [0.29, 0.717) is 5.56 Å². The van der Waals surface area contributed by atoms with E-state index in [9.17, 15) is 4.79 Å². The van der Waals surface area contributed by atoms with E-state index in [1.165, 1.54) is 36.6 Å². The Morgan fingerprint density at radius 1 is 0.957 bits per heavy atom. The highest BCUT2D eigenvalue weighted by Crippen LogP contribution is 2.24. The number of unbranched alkanes of at least 4 members (excludes halogenated alkanes) is 3. The van der Waals surface area contributed by atoms with Crippen molar-refractivity contribution in [2.75, 3.05) is 6.61 Å². The summed E-state index contributed by atoms with van der Waals surface area (Å²) in [5.41, 5.74) is 1.90. The van der Waals surface area contributed by atoms with Crippen LogP contribution in [-0.4, -0.2) is 11.7 Å². The van der Waals surface area contributed by atoms with Gasteiger partial charge in [-0.05, 0) is 61.5 Å². The zero-order chi connectivity index (χ0) is 16.5. The molecule has 122 valence electrons. The normalized spacial score (nSPS) is 10.5. The maximum atomic E-state index is 12.3. The molecular weight excluding hydrogens is 304 g/mol. The minimum absolute atomic E-state index is 0.0587. The fourth-order valence-corrected chi connectivity index (χ4v) is 2.92. The fraction of sp³-hybridized carbons (Fsp3) is 0.350. The molecular formula is C20H24O2S. The summed E-state index contributed by atoms with van der Waals surface area (Å²) in [6.07, 6.45) is 4.78. The number of benzene rings is 2. The Hall–Kier alpha value is -1.74. The van der Waals surface area contributed by atoms with Crippen molar-refractivity contribution in [3.63, 3.8) is 0 Å². The molecule has 23 heavy (non-hydrogen) atoms. The lowest BCUT2D eigenvalue weighted by Crippen LogP contribution is -1.98. The average Bonchev–Trinajstić information content (AvgIpc) is 2.57. The molecule has 0 unspecified atom stereocenters. The molecule has 3 heteroatoms. The van der Waals surface area contributed by atoms with E-state index in [1.807, 2.05) is 55.5 Å². The number of hydrogen-bond acceptors (Lipinski definition) is 3. The molecule has 2 rings (SSSR count). The zero-order valence-corrected chi connectivity index (χ0v) is 14.7. The van der Waals surface area contributed by atoms with Gasteiger partial charge in [-0.2, -0.15) is 0 Å². The van der Waals surface area contributed by atoms with Crippen LogP contribution in [0, 0.1) is 6.92 Å². The number of carbonyl (C=O) groups is 1. The van der Waals surface area contributed by atoms with E-state index in [0.717, 1.165) is 23.7 Å². The monoisotopic (exact) mass is 328 g/mol. The standard InChI is InChI=1S/C20H24O2S/c1-3-4-5-6-15-22-18-11-9-17(10-12-18)20(21)23-19-13-7-16(2)8-14-19/h7-14H,3-6,15H2,1-2H3. The molecule has 0 aromatic heterocycles. The Balaban J connectivity index is 1.83. The van der Waals surface area contributed by atoms with E-state index in [4.69, 9.17) is 4.74 Å². The van der Waals surface area contributed by atoms with Crippen LogP contribution in [0.15, 0.2) is 53.4 Å². The topological polar surface area (TPSA) is 26.3 Å². The molecule has 0 fully saturated rings. The Labute approximate surface area is 143 Å². The summed E-state index contributed by atoms with van der Waals surface area (Å²) in [4.78, 5) is 13.2. The van der Waals surface area contributed by atoms with Gasteiger partial charge in [0.2, 0.25) is 5.12 Å². The summed E-state index contributed by atoms with van der Waals surface area (Å²) >= 11 is 1.26. The summed E-state index contributed by atoms with van der Waals surface area (Å²) < 4.78 is 5.70. The summed E-state index contributed by atoms with van der Waals surface area (Å²) in [7, 11) is 0. The molecule has 0 heterocycles. The summed E-state index contributed by atoms with van der Waals surface area (Å²) in [6, 6.07) is 15.4. The first-order valence-corrected chi connectivity index (χ1v) is 9.02. The first kappa shape index (κ1) is 17.6. The Morgan fingerprint density at radius 2 is 1.65 bits per heavy atom. The first-order chi connectivity index (χ1) is 11.2. The molecule has 0 bridgehead atoms. The van der Waals surface area contributed by atoms with Crippen molar-refractivity contribution in [2.24, 2.45) is 0 Å². The lowest BCUT2D eigenvalue weighted by atomic mass is 10.2. The second kappa shape index (κ2) is 9.41. The van der Waals surface area contributed by atoms with Crippen molar-refractivity contribution >= 4 is 16.9 Å². The number of rotatable bonds is 8. The van der Waals surface area contributed by atoms with Gasteiger partial charge < -0.3 is 4.74 Å². The van der Waals surface area contributed by atoms with Crippen LogP contribution in [0.3, 0.4) is 0 Å². The highest BCUT2D eigenvalue weighted by Gasteiger charge is 2.08. The molecule has 0 atom stereocenters. The Bertz CT molecular complexity index is 603. The lowest BCUT2D eigenvalue weighted by molar-refractivity contribution is 0.108. The quantitative estimate of drug-likeness (QED) is 0.446. The van der Waals surface area contributed by atoms with Crippen LogP contribution < -0.4 is 4.74 Å². The smallest absolute Gasteiger partial charge is 0.224 e. The number of aryl methyl sites for hydroxylation is 1. The van der Waals surface area contributed by atoms with Crippen molar-refractivity contribution in [2.45, 2.75) is 44.4 Å². The zero-order valence-electron chi connectivity index (χ0n) is 13.9. The van der Waals surface area contributed by atoms with Crippen LogP contribution in [0.2, 0.25) is 0 Å². The third-order valence-corrected chi connectivity index (χ3v) is 4.52. The minimum Gasteiger partial charge on any atom is -0.494 e. The first-order valence-electron chi connectivity index (χ1n) is 8.21. The molecule has 0 aliphatic carbocycles. The van der Waals surface area contributed by atoms with E-state index in [2.05, 4.69) is 6.92 Å². The Morgan fingerprint density at radius 3 is 2.30 bits per heavy atom. The van der Waals surface area contributed by atoms with Gasteiger partial charge in [0, 0.05) is 10.5 Å². The predicted octanol–water partition coefficient (Wildman–Crippen LogP) is 5.89. The number of hydrogen-bond donors (Lipinski definition) is 0. The predicted molar refractivity (Wildman–Crippen MR) is 97.4 cm³/mol. The third-order valence-electron chi connectivity index (χ3n) is 3.59. The van der Waals surface area contributed by atoms with Crippen LogP contribution >= 0.6 is 11.8 Å². The largest absolute Gasteiger partial charge is 0.494 e. The van der Waals surface area contributed by atoms with Gasteiger partial charge in [-0.1, -0.05) is 43.9 Å². The van der Waals surface area contributed by atoms with Gasteiger partial charge in [0.15, 0.2) is 0 Å². The molecule has 2 aromatic carbocycles. The third kappa shape index (κ3) is 6.11. The van der Waals surface area contributed by atoms with Crippen LogP contribution in [-0.2, 0) is 0 Å². The second-order valence-electron chi connectivity index (χ2n) is 5.64. The van der Waals surface area contributed by atoms with Crippen molar-refractivity contribution in [1.82, 2.24) is 0 Å².